The number of rotatable bonds is 3. The molecule has 166 valence electrons. The van der Waals surface area contributed by atoms with E-state index >= 15 is 0 Å². The molecule has 2 aliphatic rings. The van der Waals surface area contributed by atoms with Gasteiger partial charge in [-0.2, -0.15) is 13.2 Å². The summed E-state index contributed by atoms with van der Waals surface area (Å²) in [6.07, 6.45) is -3.54. The minimum atomic E-state index is -4.73. The van der Waals surface area contributed by atoms with Crippen molar-refractivity contribution < 1.29 is 37.1 Å². The van der Waals surface area contributed by atoms with Gasteiger partial charge in [-0.15, -0.1) is 0 Å². The summed E-state index contributed by atoms with van der Waals surface area (Å²) in [5.41, 5.74) is -3.88. The Bertz CT molecular complexity index is 1360. The molecule has 7 nitrogen and oxygen atoms in total. The first-order chi connectivity index (χ1) is 15.7. The quantitative estimate of drug-likeness (QED) is 0.579. The Morgan fingerprint density at radius 3 is 2.48 bits per heavy atom. The summed E-state index contributed by atoms with van der Waals surface area (Å²) in [4.78, 5) is 40.7. The van der Waals surface area contributed by atoms with Crippen LogP contribution in [0.5, 0.6) is 0 Å². The van der Waals surface area contributed by atoms with Gasteiger partial charge in [0.05, 0.1) is 17.4 Å². The number of aliphatic hydroxyl groups is 1. The van der Waals surface area contributed by atoms with Crippen molar-refractivity contribution in [1.82, 2.24) is 0 Å². The van der Waals surface area contributed by atoms with Crippen LogP contribution in [0.4, 0.5) is 24.5 Å². The van der Waals surface area contributed by atoms with Crippen LogP contribution in [0.1, 0.15) is 21.7 Å². The molecule has 1 unspecified atom stereocenters. The maximum atomic E-state index is 13.4. The average Bonchev–Trinajstić information content (AvgIpc) is 3.46. The molecular formula is C23H13F3N2O5. The van der Waals surface area contributed by atoms with Crippen LogP contribution in [0, 0.1) is 0 Å². The second-order valence-electron chi connectivity index (χ2n) is 7.43. The number of ketones is 1. The summed E-state index contributed by atoms with van der Waals surface area (Å²) in [7, 11) is 0. The normalized spacial score (nSPS) is 19.9. The molecule has 2 N–H and O–H groups in total. The largest absolute Gasteiger partial charge is 0.503 e. The number of furan rings is 1. The number of fused-ring (bicyclic) bond motifs is 2. The molecule has 2 aromatic carbocycles. The van der Waals surface area contributed by atoms with Gasteiger partial charge < -0.3 is 14.8 Å². The molecule has 0 bridgehead atoms. The van der Waals surface area contributed by atoms with Gasteiger partial charge in [0.15, 0.2) is 17.1 Å². The summed E-state index contributed by atoms with van der Waals surface area (Å²) in [5, 5.41) is 13.3. The number of benzene rings is 2. The van der Waals surface area contributed by atoms with E-state index in [2.05, 4.69) is 5.32 Å². The Balaban J connectivity index is 1.81. The van der Waals surface area contributed by atoms with Gasteiger partial charge in [0.1, 0.15) is 0 Å². The minimum Gasteiger partial charge on any atom is -0.503 e. The zero-order valence-electron chi connectivity index (χ0n) is 16.5. The minimum absolute atomic E-state index is 0.125. The zero-order chi connectivity index (χ0) is 23.5. The maximum absolute atomic E-state index is 13.4. The molecule has 3 aromatic rings. The molecule has 1 atom stereocenters. The van der Waals surface area contributed by atoms with E-state index in [0.717, 1.165) is 17.0 Å². The van der Waals surface area contributed by atoms with Gasteiger partial charge in [0, 0.05) is 16.9 Å². The fourth-order valence-corrected chi connectivity index (χ4v) is 4.30. The van der Waals surface area contributed by atoms with Gasteiger partial charge in [-0.1, -0.05) is 24.3 Å². The number of aliphatic hydroxyl groups excluding tert-OH is 1. The fourth-order valence-electron chi connectivity index (χ4n) is 4.30. The van der Waals surface area contributed by atoms with E-state index in [4.69, 9.17) is 4.42 Å². The van der Waals surface area contributed by atoms with Crippen LogP contribution in [-0.4, -0.2) is 22.7 Å². The SMILES string of the molecule is O=C(C1=C(O)C(=O)N(c2cccc(C(F)(F)F)c2)C12C(=O)Nc1ccccc12)c1ccco1. The second kappa shape index (κ2) is 6.83. The Morgan fingerprint density at radius 1 is 1.03 bits per heavy atom. The van der Waals surface area contributed by atoms with Crippen LogP contribution in [-0.2, 0) is 21.3 Å². The zero-order valence-corrected chi connectivity index (χ0v) is 16.5. The molecule has 1 spiro atoms. The lowest BCUT2D eigenvalue weighted by molar-refractivity contribution is -0.137. The van der Waals surface area contributed by atoms with E-state index in [1.54, 1.807) is 12.1 Å². The molecule has 2 amide bonds. The molecule has 1 aromatic heterocycles. The molecule has 0 fully saturated rings. The van der Waals surface area contributed by atoms with E-state index in [0.29, 0.717) is 6.07 Å². The summed E-state index contributed by atoms with van der Waals surface area (Å²) in [6, 6.07) is 12.5. The summed E-state index contributed by atoms with van der Waals surface area (Å²) < 4.78 is 45.3. The topological polar surface area (TPSA) is 99.9 Å². The molecule has 33 heavy (non-hydrogen) atoms. The monoisotopic (exact) mass is 454 g/mol. The highest BCUT2D eigenvalue weighted by molar-refractivity contribution is 6.30. The molecule has 0 saturated carbocycles. The van der Waals surface area contributed by atoms with Crippen LogP contribution < -0.4 is 10.2 Å². The van der Waals surface area contributed by atoms with Crippen molar-refractivity contribution in [2.45, 2.75) is 11.7 Å². The fraction of sp³-hybridized carbons (Fsp3) is 0.0870. The number of amides is 2. The van der Waals surface area contributed by atoms with Crippen LogP contribution in [0.15, 0.2) is 82.7 Å². The number of carbonyl (C=O) groups excluding carboxylic acids is 3. The molecule has 5 rings (SSSR count). The Labute approximate surface area is 183 Å². The van der Waals surface area contributed by atoms with Crippen molar-refractivity contribution in [1.29, 1.82) is 0 Å². The number of Topliss-reactive ketones (excluding diaryl/α,β-unsaturated/α-hetero) is 1. The van der Waals surface area contributed by atoms with Crippen molar-refractivity contribution in [2.75, 3.05) is 10.2 Å². The van der Waals surface area contributed by atoms with E-state index < -0.39 is 46.2 Å². The van der Waals surface area contributed by atoms with Crippen molar-refractivity contribution >= 4 is 29.0 Å². The van der Waals surface area contributed by atoms with Crippen molar-refractivity contribution in [3.05, 3.63) is 95.1 Å². The standard InChI is InChI=1S/C23H13F3N2O5/c24-23(25,26)12-5-3-6-13(11-12)28-20(31)19(30)17(18(29)16-9-4-10-33-16)22(28)14-7-1-2-8-15(14)27-21(22)32/h1-11,30H,(H,27,32). The molecule has 10 heteroatoms. The number of hydrogen-bond acceptors (Lipinski definition) is 5. The predicted octanol–water partition coefficient (Wildman–Crippen LogP) is 4.19. The Hall–Kier alpha value is -4.34. The first-order valence-corrected chi connectivity index (χ1v) is 9.62. The van der Waals surface area contributed by atoms with Gasteiger partial charge in [0.25, 0.3) is 11.8 Å². The Kier molecular flexibility index (Phi) is 4.25. The van der Waals surface area contributed by atoms with E-state index in [1.807, 2.05) is 0 Å². The molecule has 2 aliphatic heterocycles. The van der Waals surface area contributed by atoms with Crippen molar-refractivity contribution in [2.24, 2.45) is 0 Å². The average molecular weight is 454 g/mol. The van der Waals surface area contributed by atoms with E-state index in [1.165, 1.54) is 36.6 Å². The summed E-state index contributed by atoms with van der Waals surface area (Å²) in [6.45, 7) is 0. The predicted molar refractivity (Wildman–Crippen MR) is 108 cm³/mol. The highest BCUT2D eigenvalue weighted by Crippen LogP contribution is 2.53. The van der Waals surface area contributed by atoms with Gasteiger partial charge >= 0.3 is 6.18 Å². The summed E-state index contributed by atoms with van der Waals surface area (Å²) >= 11 is 0. The smallest absolute Gasteiger partial charge is 0.416 e. The number of halogens is 3. The van der Waals surface area contributed by atoms with Crippen LogP contribution >= 0.6 is 0 Å². The highest BCUT2D eigenvalue weighted by atomic mass is 19.4. The number of carbonyl (C=O) groups is 3. The number of alkyl halides is 3. The third-order valence-electron chi connectivity index (χ3n) is 5.64. The van der Waals surface area contributed by atoms with Crippen LogP contribution in [0.25, 0.3) is 0 Å². The molecule has 0 radical (unpaired) electrons. The first-order valence-electron chi connectivity index (χ1n) is 9.62. The van der Waals surface area contributed by atoms with Crippen molar-refractivity contribution in [3.63, 3.8) is 0 Å². The second-order valence-corrected chi connectivity index (χ2v) is 7.43. The number of para-hydroxylation sites is 1. The molecule has 3 heterocycles. The molecule has 0 saturated heterocycles. The lowest BCUT2D eigenvalue weighted by Crippen LogP contribution is -2.52. The van der Waals surface area contributed by atoms with Crippen LogP contribution in [0.3, 0.4) is 0 Å². The van der Waals surface area contributed by atoms with E-state index in [9.17, 15) is 32.7 Å². The molecule has 0 aliphatic carbocycles. The lowest BCUT2D eigenvalue weighted by atomic mass is 9.81. The third-order valence-corrected chi connectivity index (χ3v) is 5.64. The van der Waals surface area contributed by atoms with Gasteiger partial charge in [-0.3, -0.25) is 19.3 Å². The van der Waals surface area contributed by atoms with Crippen LogP contribution in [0.2, 0.25) is 0 Å². The molecular weight excluding hydrogens is 441 g/mol. The van der Waals surface area contributed by atoms with E-state index in [-0.39, 0.29) is 22.7 Å². The number of anilines is 2. The Morgan fingerprint density at radius 2 is 1.79 bits per heavy atom. The highest BCUT2D eigenvalue weighted by Gasteiger charge is 2.64. The summed E-state index contributed by atoms with van der Waals surface area (Å²) in [5.74, 6) is -4.34. The lowest BCUT2D eigenvalue weighted by Gasteiger charge is -2.35. The third kappa shape index (κ3) is 2.73. The van der Waals surface area contributed by atoms with Gasteiger partial charge in [-0.05, 0) is 36.4 Å². The number of nitrogens with zero attached hydrogens (tertiary/aromatic N) is 1. The maximum Gasteiger partial charge on any atom is 0.416 e. The van der Waals surface area contributed by atoms with Crippen molar-refractivity contribution in [3.8, 4) is 0 Å². The first kappa shape index (κ1) is 20.6. The number of hydrogen-bond donors (Lipinski definition) is 2. The number of nitrogens with one attached hydrogen (secondary N) is 1. The van der Waals surface area contributed by atoms with Gasteiger partial charge in [-0.25, -0.2) is 0 Å². The van der Waals surface area contributed by atoms with Gasteiger partial charge in [0.2, 0.25) is 5.78 Å².